The molecule has 0 radical (unpaired) electrons. The minimum Gasteiger partial charge on any atom is -0.395 e. The third-order valence-corrected chi connectivity index (χ3v) is 2.46. The molecule has 0 saturated carbocycles. The molecular weight excluding hydrogens is 204 g/mol. The van der Waals surface area contributed by atoms with Crippen molar-refractivity contribution in [2.75, 3.05) is 25.1 Å². The lowest BCUT2D eigenvalue weighted by Gasteiger charge is -2.23. The van der Waals surface area contributed by atoms with Gasteiger partial charge >= 0.3 is 0 Å². The minimum atomic E-state index is -0.594. The van der Waals surface area contributed by atoms with Gasteiger partial charge in [-0.15, -0.1) is 0 Å². The van der Waals surface area contributed by atoms with E-state index >= 15 is 0 Å². The molecule has 0 aliphatic rings. The topological polar surface area (TPSA) is 67.5 Å². The van der Waals surface area contributed by atoms with Crippen molar-refractivity contribution in [3.8, 4) is 6.07 Å². The number of rotatable bonds is 4. The molecule has 0 amide bonds. The molecule has 0 saturated heterocycles. The molecule has 0 spiro atoms. The van der Waals surface area contributed by atoms with E-state index < -0.39 is 6.10 Å². The summed E-state index contributed by atoms with van der Waals surface area (Å²) in [5, 5.41) is 27.3. The normalized spacial score (nSPS) is 11.9. The van der Waals surface area contributed by atoms with Gasteiger partial charge in [-0.25, -0.2) is 0 Å². The van der Waals surface area contributed by atoms with Gasteiger partial charge in [0.1, 0.15) is 0 Å². The number of anilines is 1. The summed E-state index contributed by atoms with van der Waals surface area (Å²) in [5.41, 5.74) is 2.09. The van der Waals surface area contributed by atoms with E-state index in [9.17, 15) is 5.11 Å². The van der Waals surface area contributed by atoms with Crippen LogP contribution in [0.5, 0.6) is 0 Å². The van der Waals surface area contributed by atoms with Crippen LogP contribution in [-0.2, 0) is 0 Å². The average Bonchev–Trinajstić information content (AvgIpc) is 2.28. The van der Waals surface area contributed by atoms with Gasteiger partial charge in [-0.3, -0.25) is 0 Å². The van der Waals surface area contributed by atoms with Crippen molar-refractivity contribution in [1.82, 2.24) is 0 Å². The Hall–Kier alpha value is -1.57. The van der Waals surface area contributed by atoms with Crippen LogP contribution in [0, 0.1) is 11.3 Å². The van der Waals surface area contributed by atoms with E-state index in [1.807, 2.05) is 11.9 Å². The van der Waals surface area contributed by atoms with E-state index in [1.165, 1.54) is 0 Å². The lowest BCUT2D eigenvalue weighted by Crippen LogP contribution is -2.23. The van der Waals surface area contributed by atoms with Crippen molar-refractivity contribution in [2.24, 2.45) is 0 Å². The smallest absolute Gasteiger partial charge is 0.0992 e. The van der Waals surface area contributed by atoms with Gasteiger partial charge in [0.05, 0.1) is 24.3 Å². The molecular formula is C12H16N2O2. The molecule has 4 heteroatoms. The van der Waals surface area contributed by atoms with Crippen LogP contribution in [0.25, 0.3) is 0 Å². The fourth-order valence-electron chi connectivity index (χ4n) is 1.57. The first-order valence-electron chi connectivity index (χ1n) is 5.14. The second kappa shape index (κ2) is 5.50. The lowest BCUT2D eigenvalue weighted by molar-refractivity contribution is 0.199. The predicted molar refractivity (Wildman–Crippen MR) is 62.1 cm³/mol. The van der Waals surface area contributed by atoms with Gasteiger partial charge in [0.15, 0.2) is 0 Å². The Morgan fingerprint density at radius 3 is 2.69 bits per heavy atom. The fourth-order valence-corrected chi connectivity index (χ4v) is 1.57. The van der Waals surface area contributed by atoms with Crippen LogP contribution in [0.4, 0.5) is 5.69 Å². The molecule has 1 atom stereocenters. The van der Waals surface area contributed by atoms with E-state index in [1.54, 1.807) is 25.1 Å². The average molecular weight is 220 g/mol. The van der Waals surface area contributed by atoms with Crippen molar-refractivity contribution in [3.63, 3.8) is 0 Å². The number of nitriles is 1. The largest absolute Gasteiger partial charge is 0.395 e. The zero-order valence-electron chi connectivity index (χ0n) is 9.51. The van der Waals surface area contributed by atoms with E-state index in [0.29, 0.717) is 12.1 Å². The van der Waals surface area contributed by atoms with Crippen LogP contribution < -0.4 is 4.90 Å². The van der Waals surface area contributed by atoms with Crippen molar-refractivity contribution in [1.29, 1.82) is 5.26 Å². The second-order valence-electron chi connectivity index (χ2n) is 3.71. The standard InChI is InChI=1S/C12H16N2O2/c1-9(16)11-4-3-10(8-13)7-12(11)14(2)5-6-15/h3-4,7,9,15-16H,5-6H2,1-2H3/t9-/m0/s1. The van der Waals surface area contributed by atoms with Crippen LogP contribution in [0.3, 0.4) is 0 Å². The Morgan fingerprint density at radius 1 is 1.50 bits per heavy atom. The van der Waals surface area contributed by atoms with Crippen LogP contribution in [0.2, 0.25) is 0 Å². The van der Waals surface area contributed by atoms with Crippen LogP contribution >= 0.6 is 0 Å². The first-order valence-corrected chi connectivity index (χ1v) is 5.14. The Labute approximate surface area is 95.4 Å². The molecule has 4 nitrogen and oxygen atoms in total. The van der Waals surface area contributed by atoms with Crippen LogP contribution in [0.1, 0.15) is 24.2 Å². The maximum absolute atomic E-state index is 9.61. The number of hydrogen-bond acceptors (Lipinski definition) is 4. The van der Waals surface area contributed by atoms with Crippen LogP contribution in [-0.4, -0.2) is 30.4 Å². The van der Waals surface area contributed by atoms with Gasteiger partial charge in [0, 0.05) is 24.8 Å². The summed E-state index contributed by atoms with van der Waals surface area (Å²) in [6.45, 7) is 2.18. The highest BCUT2D eigenvalue weighted by Gasteiger charge is 2.12. The fraction of sp³-hybridized carbons (Fsp3) is 0.417. The Bertz CT molecular complexity index is 396. The Kier molecular flexibility index (Phi) is 4.29. The number of aliphatic hydroxyl groups is 2. The molecule has 1 aromatic rings. The maximum Gasteiger partial charge on any atom is 0.0992 e. The molecule has 0 fully saturated rings. The van der Waals surface area contributed by atoms with Gasteiger partial charge in [-0.1, -0.05) is 6.07 Å². The summed E-state index contributed by atoms with van der Waals surface area (Å²) in [6, 6.07) is 7.20. The molecule has 2 N–H and O–H groups in total. The molecule has 86 valence electrons. The summed E-state index contributed by atoms with van der Waals surface area (Å²) >= 11 is 0. The van der Waals surface area contributed by atoms with Crippen molar-refractivity contribution < 1.29 is 10.2 Å². The SMILES string of the molecule is C[C@H](O)c1ccc(C#N)cc1N(C)CCO. The van der Waals surface area contributed by atoms with Crippen molar-refractivity contribution in [3.05, 3.63) is 29.3 Å². The molecule has 0 unspecified atom stereocenters. The zero-order chi connectivity index (χ0) is 12.1. The summed E-state index contributed by atoms with van der Waals surface area (Å²) in [6.07, 6.45) is -0.594. The quantitative estimate of drug-likeness (QED) is 0.795. The molecule has 0 aromatic heterocycles. The minimum absolute atomic E-state index is 0.0343. The number of aliphatic hydroxyl groups excluding tert-OH is 2. The summed E-state index contributed by atoms with van der Waals surface area (Å²) in [7, 11) is 1.82. The molecule has 1 aromatic carbocycles. The van der Waals surface area contributed by atoms with E-state index in [0.717, 1.165) is 11.3 Å². The van der Waals surface area contributed by atoms with E-state index in [2.05, 4.69) is 6.07 Å². The van der Waals surface area contributed by atoms with Gasteiger partial charge in [-0.05, 0) is 19.1 Å². The molecule has 16 heavy (non-hydrogen) atoms. The monoisotopic (exact) mass is 220 g/mol. The Balaban J connectivity index is 3.15. The molecule has 0 bridgehead atoms. The first-order chi connectivity index (χ1) is 7.60. The zero-order valence-corrected chi connectivity index (χ0v) is 9.51. The van der Waals surface area contributed by atoms with Crippen molar-refractivity contribution in [2.45, 2.75) is 13.0 Å². The third kappa shape index (κ3) is 2.72. The highest BCUT2D eigenvalue weighted by Crippen LogP contribution is 2.26. The second-order valence-corrected chi connectivity index (χ2v) is 3.71. The van der Waals surface area contributed by atoms with E-state index in [-0.39, 0.29) is 6.61 Å². The third-order valence-electron chi connectivity index (χ3n) is 2.46. The van der Waals surface area contributed by atoms with Gasteiger partial charge in [0.25, 0.3) is 0 Å². The van der Waals surface area contributed by atoms with E-state index in [4.69, 9.17) is 10.4 Å². The summed E-state index contributed by atoms with van der Waals surface area (Å²) < 4.78 is 0. The lowest BCUT2D eigenvalue weighted by atomic mass is 10.0. The van der Waals surface area contributed by atoms with Crippen LogP contribution in [0.15, 0.2) is 18.2 Å². The van der Waals surface area contributed by atoms with Gasteiger partial charge in [-0.2, -0.15) is 5.26 Å². The van der Waals surface area contributed by atoms with Gasteiger partial charge < -0.3 is 15.1 Å². The number of hydrogen-bond donors (Lipinski definition) is 2. The molecule has 0 heterocycles. The highest BCUT2D eigenvalue weighted by molar-refractivity contribution is 5.58. The summed E-state index contributed by atoms with van der Waals surface area (Å²) in [5.74, 6) is 0. The number of benzene rings is 1. The summed E-state index contributed by atoms with van der Waals surface area (Å²) in [4.78, 5) is 1.82. The van der Waals surface area contributed by atoms with Gasteiger partial charge in [0.2, 0.25) is 0 Å². The molecule has 0 aliphatic heterocycles. The van der Waals surface area contributed by atoms with Crippen molar-refractivity contribution >= 4 is 5.69 Å². The molecule has 1 rings (SSSR count). The maximum atomic E-state index is 9.61. The highest BCUT2D eigenvalue weighted by atomic mass is 16.3. The number of likely N-dealkylation sites (N-methyl/N-ethyl adjacent to an activating group) is 1. The first kappa shape index (κ1) is 12.5. The number of nitrogens with zero attached hydrogens (tertiary/aromatic N) is 2. The Morgan fingerprint density at radius 2 is 2.19 bits per heavy atom. The molecule has 0 aliphatic carbocycles. The predicted octanol–water partition coefficient (Wildman–Crippen LogP) is 1.04.